The van der Waals surface area contributed by atoms with E-state index < -0.39 is 45.6 Å². The Morgan fingerprint density at radius 3 is 2.08 bits per heavy atom. The number of methoxy groups -OCH3 is 1. The van der Waals surface area contributed by atoms with Crippen LogP contribution in [0.3, 0.4) is 0 Å². The van der Waals surface area contributed by atoms with Crippen molar-refractivity contribution in [2.45, 2.75) is 32.2 Å². The van der Waals surface area contributed by atoms with Crippen molar-refractivity contribution in [1.82, 2.24) is 5.32 Å². The number of esters is 1. The molecule has 1 aliphatic heterocycles. The summed E-state index contributed by atoms with van der Waals surface area (Å²) in [6, 6.07) is 9.25. The number of fused-ring (bicyclic) bond motifs is 2. The predicted octanol–water partition coefficient (Wildman–Crippen LogP) is 8.95. The van der Waals surface area contributed by atoms with Gasteiger partial charge < -0.3 is 29.8 Å². The van der Waals surface area contributed by atoms with Crippen LogP contribution in [0.1, 0.15) is 52.0 Å². The standard InChI is InChI=1S/C35H24Cl5NO10/c1-50-24(44)5-3-2-4-23(43)41-13-19-32(45)16(14-6-8-15(9-7-14)34(46)47)10-18-25(17-11-20(36)21(42)12-22(17)51-33(18)19)26-27(35(48)49)29(38)31(40)30(39)28(26)37/h6-12,42H,2-5,13H2,1H3,(H,41,43)(H,46,47)(H,48,49). The van der Waals surface area contributed by atoms with E-state index in [1.54, 1.807) is 0 Å². The van der Waals surface area contributed by atoms with Crippen LogP contribution >= 0.6 is 58.0 Å². The zero-order valence-electron chi connectivity index (χ0n) is 26.2. The van der Waals surface area contributed by atoms with Gasteiger partial charge in [-0.15, -0.1) is 0 Å². The quantitative estimate of drug-likeness (QED) is 0.0331. The Kier molecular flexibility index (Phi) is 11.4. The van der Waals surface area contributed by atoms with Crippen LogP contribution in [0.2, 0.25) is 25.1 Å². The van der Waals surface area contributed by atoms with Gasteiger partial charge >= 0.3 is 17.9 Å². The van der Waals surface area contributed by atoms with E-state index in [0.717, 1.165) is 6.07 Å². The van der Waals surface area contributed by atoms with E-state index in [0.29, 0.717) is 12.8 Å². The number of phenols is 1. The number of ether oxygens (including phenoxy) is 1. The summed E-state index contributed by atoms with van der Waals surface area (Å²) in [5.41, 5.74) is -1.21. The molecule has 0 saturated heterocycles. The molecular formula is C35H24Cl5NO10. The number of carboxylic acid groups (broad SMARTS) is 2. The van der Waals surface area contributed by atoms with Crippen molar-refractivity contribution in [3.8, 4) is 39.3 Å². The van der Waals surface area contributed by atoms with Gasteiger partial charge in [0.25, 0.3) is 0 Å². The second kappa shape index (κ2) is 15.4. The highest BCUT2D eigenvalue weighted by molar-refractivity contribution is 6.54. The smallest absolute Gasteiger partial charge is 0.337 e. The molecule has 0 unspecified atom stereocenters. The van der Waals surface area contributed by atoms with E-state index >= 15 is 0 Å². The second-order valence-electron chi connectivity index (χ2n) is 11.1. The molecule has 0 saturated carbocycles. The summed E-state index contributed by atoms with van der Waals surface area (Å²) in [4.78, 5) is 62.9. The minimum Gasteiger partial charge on any atom is -0.506 e. The zero-order valence-corrected chi connectivity index (χ0v) is 29.9. The maximum Gasteiger partial charge on any atom is 0.337 e. The monoisotopic (exact) mass is 793 g/mol. The van der Waals surface area contributed by atoms with Gasteiger partial charge in [0.05, 0.1) is 55.5 Å². The SMILES string of the molecule is COC(=O)CCCCC(=O)NCc1c2oc3cc(O)c(Cl)cc3c(-c3c(Cl)c(Cl)c(Cl)c(Cl)c3C(=O)O)c-2cc(-c2ccc(C(=O)O)cc2)c1=O. The number of benzene rings is 4. The van der Waals surface area contributed by atoms with Crippen LogP contribution in [0.5, 0.6) is 5.75 Å². The number of aromatic hydroxyl groups is 1. The number of carbonyl (C=O) groups is 4. The molecule has 0 spiro atoms. The molecule has 3 aromatic carbocycles. The molecule has 11 nitrogen and oxygen atoms in total. The lowest BCUT2D eigenvalue weighted by Crippen LogP contribution is -2.27. The molecule has 1 amide bonds. The predicted molar refractivity (Wildman–Crippen MR) is 193 cm³/mol. The highest BCUT2D eigenvalue weighted by atomic mass is 35.5. The number of carboxylic acids is 2. The molecule has 0 atom stereocenters. The average molecular weight is 796 g/mol. The Bertz CT molecular complexity index is 2290. The van der Waals surface area contributed by atoms with Crippen LogP contribution in [0.25, 0.3) is 44.5 Å². The lowest BCUT2D eigenvalue weighted by molar-refractivity contribution is -0.140. The fourth-order valence-electron chi connectivity index (χ4n) is 5.52. The third-order valence-corrected chi connectivity index (χ3v) is 10.1. The number of halogens is 5. The van der Waals surface area contributed by atoms with E-state index in [1.807, 2.05) is 0 Å². The summed E-state index contributed by atoms with van der Waals surface area (Å²) in [5.74, 6) is -4.14. The number of hydrogen-bond donors (Lipinski definition) is 4. The number of carbonyl (C=O) groups excluding carboxylic acids is 2. The third-order valence-electron chi connectivity index (χ3n) is 8.02. The number of aromatic carboxylic acids is 2. The third kappa shape index (κ3) is 7.44. The molecule has 0 fully saturated rings. The molecule has 0 bridgehead atoms. The van der Waals surface area contributed by atoms with Crippen molar-refractivity contribution >= 4 is 92.8 Å². The van der Waals surface area contributed by atoms with Crippen LogP contribution in [-0.4, -0.2) is 46.2 Å². The summed E-state index contributed by atoms with van der Waals surface area (Å²) in [6.07, 6.45) is 0.854. The molecule has 264 valence electrons. The minimum atomic E-state index is -1.54. The number of unbranched alkanes of at least 4 members (excludes halogenated alkanes) is 1. The molecule has 16 heteroatoms. The Morgan fingerprint density at radius 2 is 1.45 bits per heavy atom. The number of phenolic OH excluding ortho intramolecular Hbond substituents is 1. The number of rotatable bonds is 11. The topological polar surface area (TPSA) is 180 Å². The summed E-state index contributed by atoms with van der Waals surface area (Å²) in [5, 5.41) is 31.6. The molecule has 5 rings (SSSR count). The molecule has 4 N–H and O–H groups in total. The molecule has 1 heterocycles. The van der Waals surface area contributed by atoms with E-state index in [4.69, 9.17) is 62.4 Å². The van der Waals surface area contributed by atoms with Gasteiger partial charge in [-0.2, -0.15) is 0 Å². The number of nitrogens with one attached hydrogen (secondary N) is 1. The van der Waals surface area contributed by atoms with Crippen molar-refractivity contribution in [1.29, 1.82) is 0 Å². The number of hydrogen-bond acceptors (Lipinski definition) is 8. The minimum absolute atomic E-state index is 0.0104. The van der Waals surface area contributed by atoms with E-state index in [9.17, 15) is 39.3 Å². The maximum atomic E-state index is 14.3. The molecule has 1 aliphatic carbocycles. The lowest BCUT2D eigenvalue weighted by Gasteiger charge is -2.22. The molecule has 51 heavy (non-hydrogen) atoms. The maximum absolute atomic E-state index is 14.3. The van der Waals surface area contributed by atoms with Crippen molar-refractivity contribution in [2.75, 3.05) is 7.11 Å². The van der Waals surface area contributed by atoms with Gasteiger partial charge in [0, 0.05) is 46.5 Å². The summed E-state index contributed by atoms with van der Waals surface area (Å²) in [6.45, 7) is -0.387. The average Bonchev–Trinajstić information content (AvgIpc) is 3.09. The Hall–Kier alpha value is -4.52. The first-order chi connectivity index (χ1) is 24.2. The van der Waals surface area contributed by atoms with Gasteiger partial charge in [0.2, 0.25) is 5.91 Å². The van der Waals surface area contributed by atoms with Gasteiger partial charge in [0.15, 0.2) is 5.43 Å². The van der Waals surface area contributed by atoms with E-state index in [2.05, 4.69) is 10.1 Å². The Balaban J connectivity index is 1.83. The fourth-order valence-corrected chi connectivity index (χ4v) is 6.71. The largest absolute Gasteiger partial charge is 0.506 e. The van der Waals surface area contributed by atoms with Crippen LogP contribution in [-0.2, 0) is 20.9 Å². The summed E-state index contributed by atoms with van der Waals surface area (Å²) < 4.78 is 10.8. The van der Waals surface area contributed by atoms with Crippen LogP contribution in [0, 0.1) is 0 Å². The summed E-state index contributed by atoms with van der Waals surface area (Å²) >= 11 is 32.2. The van der Waals surface area contributed by atoms with Crippen molar-refractivity contribution in [2.24, 2.45) is 0 Å². The van der Waals surface area contributed by atoms with Crippen molar-refractivity contribution in [3.05, 3.63) is 94.5 Å². The Labute approximate surface area is 313 Å². The first-order valence-corrected chi connectivity index (χ1v) is 16.8. The van der Waals surface area contributed by atoms with E-state index in [1.165, 1.54) is 43.5 Å². The molecule has 3 aromatic rings. The van der Waals surface area contributed by atoms with Gasteiger partial charge in [-0.25, -0.2) is 9.59 Å². The second-order valence-corrected chi connectivity index (χ2v) is 13.1. The van der Waals surface area contributed by atoms with Crippen molar-refractivity contribution < 1.29 is 43.7 Å². The highest BCUT2D eigenvalue weighted by Crippen LogP contribution is 2.52. The van der Waals surface area contributed by atoms with Crippen LogP contribution < -0.4 is 10.7 Å². The molecule has 2 aliphatic rings. The van der Waals surface area contributed by atoms with Gasteiger partial charge in [-0.1, -0.05) is 70.1 Å². The summed E-state index contributed by atoms with van der Waals surface area (Å²) in [7, 11) is 1.26. The van der Waals surface area contributed by atoms with Gasteiger partial charge in [-0.3, -0.25) is 14.4 Å². The number of amides is 1. The van der Waals surface area contributed by atoms with Crippen LogP contribution in [0.15, 0.2) is 51.7 Å². The molecule has 0 radical (unpaired) electrons. The van der Waals surface area contributed by atoms with Crippen molar-refractivity contribution in [3.63, 3.8) is 0 Å². The van der Waals surface area contributed by atoms with Crippen LogP contribution in [0.4, 0.5) is 0 Å². The molecule has 0 aromatic heterocycles. The fraction of sp³-hybridized carbons (Fsp3) is 0.171. The first-order valence-electron chi connectivity index (χ1n) is 14.9. The molecular weight excluding hydrogens is 772 g/mol. The first kappa shape index (κ1) is 37.7. The highest BCUT2D eigenvalue weighted by Gasteiger charge is 2.32. The van der Waals surface area contributed by atoms with E-state index in [-0.39, 0.29) is 95.2 Å². The zero-order chi connectivity index (χ0) is 37.3. The lowest BCUT2D eigenvalue weighted by atomic mass is 9.86. The van der Waals surface area contributed by atoms with Gasteiger partial charge in [-0.05, 0) is 42.7 Å². The normalized spacial score (nSPS) is 11.2. The Morgan fingerprint density at radius 1 is 0.804 bits per heavy atom. The van der Waals surface area contributed by atoms with Gasteiger partial charge in [0.1, 0.15) is 17.1 Å².